The van der Waals surface area contributed by atoms with E-state index in [4.69, 9.17) is 0 Å². The first kappa shape index (κ1) is 12.8. The van der Waals surface area contributed by atoms with Crippen LogP contribution in [0.4, 0.5) is 4.39 Å². The Kier molecular flexibility index (Phi) is 2.62. The van der Waals surface area contributed by atoms with Crippen molar-refractivity contribution in [2.45, 2.75) is 12.8 Å². The van der Waals surface area contributed by atoms with Gasteiger partial charge in [-0.05, 0) is 36.6 Å². The van der Waals surface area contributed by atoms with Crippen molar-refractivity contribution in [3.05, 3.63) is 53.2 Å². The molecule has 0 fully saturated rings. The van der Waals surface area contributed by atoms with Crippen LogP contribution in [-0.2, 0) is 12.8 Å². The van der Waals surface area contributed by atoms with E-state index in [0.717, 1.165) is 17.7 Å². The molecule has 1 aliphatic carbocycles. The van der Waals surface area contributed by atoms with Crippen LogP contribution in [0.3, 0.4) is 0 Å². The molecule has 22 heavy (non-hydrogen) atoms. The molecule has 0 saturated carbocycles. The van der Waals surface area contributed by atoms with Crippen LogP contribution in [0.25, 0.3) is 16.9 Å². The summed E-state index contributed by atoms with van der Waals surface area (Å²) in [5.74, 6) is -1.51. The minimum absolute atomic E-state index is 0.0514. The smallest absolute Gasteiger partial charge is 0.357 e. The van der Waals surface area contributed by atoms with E-state index < -0.39 is 11.8 Å². The number of hydrogen-bond acceptors (Lipinski definition) is 3. The number of carbonyl (C=O) groups is 1. The molecule has 110 valence electrons. The topological polar surface area (TPSA) is 83.8 Å². The van der Waals surface area contributed by atoms with Crippen LogP contribution >= 0.6 is 0 Å². The van der Waals surface area contributed by atoms with E-state index in [1.165, 1.54) is 16.8 Å². The van der Waals surface area contributed by atoms with E-state index in [0.29, 0.717) is 23.4 Å². The Morgan fingerprint density at radius 3 is 3.00 bits per heavy atom. The monoisotopic (exact) mass is 298 g/mol. The first-order chi connectivity index (χ1) is 10.6. The number of fused-ring (bicyclic) bond motifs is 3. The summed E-state index contributed by atoms with van der Waals surface area (Å²) < 4.78 is 15.0. The molecule has 1 aliphatic rings. The number of halogens is 1. The van der Waals surface area contributed by atoms with E-state index in [1.807, 2.05) is 0 Å². The predicted octanol–water partition coefficient (Wildman–Crippen LogP) is 2.20. The summed E-state index contributed by atoms with van der Waals surface area (Å²) in [6.45, 7) is 0. The molecular formula is C15H11FN4O2. The summed E-state index contributed by atoms with van der Waals surface area (Å²) in [5.41, 5.74) is 3.39. The normalized spacial score (nSPS) is 12.8. The number of hydrogen-bond donors (Lipinski definition) is 2. The number of nitrogens with zero attached hydrogens (tertiary/aromatic N) is 3. The molecule has 0 unspecified atom stereocenters. The molecule has 0 bridgehead atoms. The van der Waals surface area contributed by atoms with Gasteiger partial charge in [0.2, 0.25) is 0 Å². The number of aromatic nitrogens is 4. The molecule has 2 aromatic heterocycles. The number of nitrogens with one attached hydrogen (secondary N) is 1. The molecule has 7 heteroatoms. The zero-order valence-electron chi connectivity index (χ0n) is 11.4. The van der Waals surface area contributed by atoms with Crippen LogP contribution in [0.15, 0.2) is 30.5 Å². The highest BCUT2D eigenvalue weighted by Gasteiger charge is 2.30. The summed E-state index contributed by atoms with van der Waals surface area (Å²) in [6, 6.07) is 5.94. The van der Waals surface area contributed by atoms with Crippen molar-refractivity contribution in [2.75, 3.05) is 0 Å². The van der Waals surface area contributed by atoms with Crippen LogP contribution in [0.1, 0.15) is 21.7 Å². The van der Waals surface area contributed by atoms with Crippen molar-refractivity contribution in [1.29, 1.82) is 0 Å². The standard InChI is InChI=1S/C15H11FN4O2/c16-9-2-1-3-10(6-9)20-11-5-4-8-7-17-18-13(8)12(11)14(19-20)15(21)22/h1-3,6-7H,4-5H2,(H,17,18)(H,21,22). The lowest BCUT2D eigenvalue weighted by atomic mass is 9.94. The lowest BCUT2D eigenvalue weighted by Crippen LogP contribution is -2.08. The van der Waals surface area contributed by atoms with Gasteiger partial charge < -0.3 is 5.11 Å². The van der Waals surface area contributed by atoms with Crippen molar-refractivity contribution in [1.82, 2.24) is 20.0 Å². The Bertz CT molecular complexity index is 897. The van der Waals surface area contributed by atoms with Gasteiger partial charge in [-0.25, -0.2) is 13.9 Å². The Balaban J connectivity index is 2.00. The van der Waals surface area contributed by atoms with Gasteiger partial charge in [0.15, 0.2) is 5.69 Å². The molecule has 2 N–H and O–H groups in total. The highest BCUT2D eigenvalue weighted by Crippen LogP contribution is 2.35. The Morgan fingerprint density at radius 2 is 2.23 bits per heavy atom. The highest BCUT2D eigenvalue weighted by molar-refractivity contribution is 5.95. The molecule has 0 radical (unpaired) electrons. The van der Waals surface area contributed by atoms with Gasteiger partial charge in [0.1, 0.15) is 5.82 Å². The van der Waals surface area contributed by atoms with Crippen LogP contribution in [0.2, 0.25) is 0 Å². The van der Waals surface area contributed by atoms with Gasteiger partial charge in [-0.15, -0.1) is 0 Å². The maximum atomic E-state index is 13.5. The van der Waals surface area contributed by atoms with Crippen molar-refractivity contribution in [3.8, 4) is 16.9 Å². The highest BCUT2D eigenvalue weighted by atomic mass is 19.1. The maximum Gasteiger partial charge on any atom is 0.357 e. The van der Waals surface area contributed by atoms with Gasteiger partial charge in [0.25, 0.3) is 0 Å². The molecule has 0 saturated heterocycles. The average molecular weight is 298 g/mol. The number of benzene rings is 1. The zero-order valence-corrected chi connectivity index (χ0v) is 11.4. The van der Waals surface area contributed by atoms with E-state index >= 15 is 0 Å². The molecule has 0 atom stereocenters. The molecule has 4 rings (SSSR count). The van der Waals surface area contributed by atoms with E-state index in [-0.39, 0.29) is 5.69 Å². The number of aromatic amines is 1. The molecule has 1 aromatic carbocycles. The average Bonchev–Trinajstić information content (AvgIpc) is 3.10. The second-order valence-electron chi connectivity index (χ2n) is 5.14. The fourth-order valence-electron chi connectivity index (χ4n) is 2.89. The zero-order chi connectivity index (χ0) is 15.3. The minimum atomic E-state index is -1.12. The molecule has 3 aromatic rings. The molecule has 2 heterocycles. The van der Waals surface area contributed by atoms with E-state index in [2.05, 4.69) is 15.3 Å². The molecular weight excluding hydrogens is 287 g/mol. The Morgan fingerprint density at radius 1 is 1.36 bits per heavy atom. The summed E-state index contributed by atoms with van der Waals surface area (Å²) >= 11 is 0. The quantitative estimate of drug-likeness (QED) is 0.759. The van der Waals surface area contributed by atoms with E-state index in [9.17, 15) is 14.3 Å². The largest absolute Gasteiger partial charge is 0.476 e. The molecule has 0 spiro atoms. The number of carboxylic acid groups (broad SMARTS) is 1. The van der Waals surface area contributed by atoms with E-state index in [1.54, 1.807) is 18.3 Å². The summed E-state index contributed by atoms with van der Waals surface area (Å²) in [6.07, 6.45) is 3.06. The van der Waals surface area contributed by atoms with Crippen molar-refractivity contribution in [3.63, 3.8) is 0 Å². The van der Waals surface area contributed by atoms with Crippen molar-refractivity contribution in [2.24, 2.45) is 0 Å². The van der Waals surface area contributed by atoms with Gasteiger partial charge in [0, 0.05) is 0 Å². The minimum Gasteiger partial charge on any atom is -0.476 e. The summed E-state index contributed by atoms with van der Waals surface area (Å²) in [5, 5.41) is 20.4. The van der Waals surface area contributed by atoms with Crippen molar-refractivity contribution < 1.29 is 14.3 Å². The first-order valence-electron chi connectivity index (χ1n) is 6.79. The number of aromatic carboxylic acids is 1. The van der Waals surface area contributed by atoms with Crippen molar-refractivity contribution >= 4 is 5.97 Å². The van der Waals surface area contributed by atoms with Crippen LogP contribution in [-0.4, -0.2) is 31.1 Å². The molecule has 6 nitrogen and oxygen atoms in total. The third-order valence-corrected chi connectivity index (χ3v) is 3.84. The second-order valence-corrected chi connectivity index (χ2v) is 5.14. The fraction of sp³-hybridized carbons (Fsp3) is 0.133. The number of H-pyrrole nitrogens is 1. The van der Waals surface area contributed by atoms with Crippen LogP contribution in [0, 0.1) is 5.82 Å². The lowest BCUT2D eigenvalue weighted by molar-refractivity contribution is 0.0690. The van der Waals surface area contributed by atoms with Crippen LogP contribution < -0.4 is 0 Å². The van der Waals surface area contributed by atoms with Gasteiger partial charge in [-0.1, -0.05) is 6.07 Å². The number of aryl methyl sites for hydroxylation is 1. The fourth-order valence-corrected chi connectivity index (χ4v) is 2.89. The Labute approximate surface area is 124 Å². The number of carboxylic acids is 1. The summed E-state index contributed by atoms with van der Waals surface area (Å²) in [7, 11) is 0. The van der Waals surface area contributed by atoms with Gasteiger partial charge in [0.05, 0.1) is 28.8 Å². The number of rotatable bonds is 2. The van der Waals surface area contributed by atoms with Gasteiger partial charge in [-0.2, -0.15) is 10.2 Å². The van der Waals surface area contributed by atoms with Gasteiger partial charge >= 0.3 is 5.97 Å². The first-order valence-corrected chi connectivity index (χ1v) is 6.79. The van der Waals surface area contributed by atoms with Gasteiger partial charge in [-0.3, -0.25) is 5.10 Å². The molecule has 0 amide bonds. The second kappa shape index (κ2) is 4.52. The van der Waals surface area contributed by atoms with Crippen LogP contribution in [0.5, 0.6) is 0 Å². The third kappa shape index (κ3) is 1.75. The summed E-state index contributed by atoms with van der Waals surface area (Å²) in [4.78, 5) is 11.5. The molecule has 0 aliphatic heterocycles. The third-order valence-electron chi connectivity index (χ3n) is 3.84. The Hall–Kier alpha value is -2.96. The predicted molar refractivity (Wildman–Crippen MR) is 75.5 cm³/mol. The maximum absolute atomic E-state index is 13.5. The lowest BCUT2D eigenvalue weighted by Gasteiger charge is -2.14. The SMILES string of the molecule is O=C(O)c1nn(-c2cccc(F)c2)c2c1-c1[nH]ncc1CC2.